The molecule has 5 heteroatoms. The molecule has 2 aromatic carbocycles. The van der Waals surface area contributed by atoms with Crippen LogP contribution in [0.1, 0.15) is 5.56 Å². The van der Waals surface area contributed by atoms with E-state index in [0.717, 1.165) is 27.7 Å². The molecule has 1 aromatic heterocycles. The Morgan fingerprint density at radius 3 is 2.57 bits per heavy atom. The molecule has 118 valence electrons. The van der Waals surface area contributed by atoms with E-state index in [1.165, 1.54) is 4.90 Å². The van der Waals surface area contributed by atoms with Gasteiger partial charge in [-0.15, -0.1) is 11.8 Å². The van der Waals surface area contributed by atoms with E-state index in [9.17, 15) is 9.90 Å². The Morgan fingerprint density at radius 1 is 1.22 bits per heavy atom. The molecule has 0 atom stereocenters. The van der Waals surface area contributed by atoms with Gasteiger partial charge in [-0.1, -0.05) is 12.1 Å². The van der Waals surface area contributed by atoms with Crippen LogP contribution in [0.3, 0.4) is 0 Å². The van der Waals surface area contributed by atoms with Crippen molar-refractivity contribution in [3.63, 3.8) is 0 Å². The van der Waals surface area contributed by atoms with Gasteiger partial charge in [0.2, 0.25) is 0 Å². The van der Waals surface area contributed by atoms with Gasteiger partial charge in [0.1, 0.15) is 5.75 Å². The van der Waals surface area contributed by atoms with Crippen molar-refractivity contribution in [1.82, 2.24) is 4.98 Å². The van der Waals surface area contributed by atoms with Crippen molar-refractivity contribution in [2.24, 2.45) is 0 Å². The number of rotatable bonds is 5. The molecule has 0 amide bonds. The number of nitrogens with one attached hydrogen (secondary N) is 1. The fourth-order valence-corrected chi connectivity index (χ4v) is 3.10. The lowest BCUT2D eigenvalue weighted by Crippen LogP contribution is -2.01. The maximum atomic E-state index is 11.3. The van der Waals surface area contributed by atoms with Gasteiger partial charge in [-0.3, -0.25) is 4.79 Å². The zero-order valence-electron chi connectivity index (χ0n) is 12.9. The standard InChI is InChI=1S/C18H17NO3S/c1-22-12-5-8-16-14(9-12)15(10-17(20)21)18(19-16)11-3-6-13(23-2)7-4-11/h3-9,19H,10H2,1-2H3,(H,20,21). The summed E-state index contributed by atoms with van der Waals surface area (Å²) in [5, 5.41) is 10.2. The van der Waals surface area contributed by atoms with Crippen LogP contribution in [0.5, 0.6) is 5.75 Å². The first-order valence-corrected chi connectivity index (χ1v) is 8.39. The Balaban J connectivity index is 2.19. The number of methoxy groups -OCH3 is 1. The van der Waals surface area contributed by atoms with Crippen molar-refractivity contribution in [3.05, 3.63) is 48.0 Å². The third-order valence-electron chi connectivity index (χ3n) is 3.82. The topological polar surface area (TPSA) is 62.3 Å². The van der Waals surface area contributed by atoms with Gasteiger partial charge in [0.15, 0.2) is 0 Å². The van der Waals surface area contributed by atoms with Crippen LogP contribution >= 0.6 is 11.8 Å². The Bertz CT molecular complexity index is 853. The van der Waals surface area contributed by atoms with Crippen LogP contribution in [-0.2, 0) is 11.2 Å². The van der Waals surface area contributed by atoms with Crippen molar-refractivity contribution in [2.75, 3.05) is 13.4 Å². The molecular formula is C18H17NO3S. The quantitative estimate of drug-likeness (QED) is 0.690. The monoisotopic (exact) mass is 327 g/mol. The van der Waals surface area contributed by atoms with E-state index in [1.807, 2.05) is 48.7 Å². The molecule has 2 N–H and O–H groups in total. The molecule has 1 heterocycles. The molecule has 0 saturated heterocycles. The van der Waals surface area contributed by atoms with E-state index < -0.39 is 5.97 Å². The van der Waals surface area contributed by atoms with E-state index in [4.69, 9.17) is 4.74 Å². The smallest absolute Gasteiger partial charge is 0.307 e. The fraction of sp³-hybridized carbons (Fsp3) is 0.167. The van der Waals surface area contributed by atoms with Gasteiger partial charge < -0.3 is 14.8 Å². The molecule has 0 saturated carbocycles. The molecule has 0 bridgehead atoms. The maximum Gasteiger partial charge on any atom is 0.307 e. The molecule has 23 heavy (non-hydrogen) atoms. The first kappa shape index (κ1) is 15.5. The molecule has 3 rings (SSSR count). The number of aromatic nitrogens is 1. The summed E-state index contributed by atoms with van der Waals surface area (Å²) in [6, 6.07) is 13.8. The van der Waals surface area contributed by atoms with Crippen LogP contribution in [0.15, 0.2) is 47.4 Å². The average Bonchev–Trinajstić information content (AvgIpc) is 2.92. The van der Waals surface area contributed by atoms with Crippen LogP contribution in [0.25, 0.3) is 22.2 Å². The maximum absolute atomic E-state index is 11.3. The van der Waals surface area contributed by atoms with Gasteiger partial charge in [0.25, 0.3) is 0 Å². The highest BCUT2D eigenvalue weighted by Gasteiger charge is 2.16. The number of aliphatic carboxylic acids is 1. The molecule has 4 nitrogen and oxygen atoms in total. The second-order valence-electron chi connectivity index (χ2n) is 5.19. The van der Waals surface area contributed by atoms with Crippen molar-refractivity contribution in [3.8, 4) is 17.0 Å². The van der Waals surface area contributed by atoms with Gasteiger partial charge >= 0.3 is 5.97 Å². The second-order valence-corrected chi connectivity index (χ2v) is 6.07. The van der Waals surface area contributed by atoms with Crippen molar-refractivity contribution in [2.45, 2.75) is 11.3 Å². The Hall–Kier alpha value is -2.40. The van der Waals surface area contributed by atoms with Crippen molar-refractivity contribution < 1.29 is 14.6 Å². The molecule has 3 aromatic rings. The normalized spacial score (nSPS) is 10.9. The van der Waals surface area contributed by atoms with Crippen molar-refractivity contribution in [1.29, 1.82) is 0 Å². The number of H-pyrrole nitrogens is 1. The first-order chi connectivity index (χ1) is 11.1. The lowest BCUT2D eigenvalue weighted by atomic mass is 10.0. The Kier molecular flexibility index (Phi) is 4.30. The summed E-state index contributed by atoms with van der Waals surface area (Å²) in [7, 11) is 1.60. The minimum atomic E-state index is -0.851. The fourth-order valence-electron chi connectivity index (χ4n) is 2.69. The number of carboxylic acid groups (broad SMARTS) is 1. The van der Waals surface area contributed by atoms with Crippen molar-refractivity contribution >= 4 is 28.6 Å². The number of fused-ring (bicyclic) bond motifs is 1. The number of carboxylic acids is 1. The highest BCUT2D eigenvalue weighted by Crippen LogP contribution is 2.33. The van der Waals surface area contributed by atoms with E-state index >= 15 is 0 Å². The van der Waals surface area contributed by atoms with E-state index in [0.29, 0.717) is 5.75 Å². The zero-order chi connectivity index (χ0) is 16.4. The summed E-state index contributed by atoms with van der Waals surface area (Å²) < 4.78 is 5.26. The SMILES string of the molecule is COc1ccc2[nH]c(-c3ccc(SC)cc3)c(CC(=O)O)c2c1. The number of ether oxygens (including phenoxy) is 1. The van der Waals surface area contributed by atoms with Crippen LogP contribution in [0.2, 0.25) is 0 Å². The number of hydrogen-bond donors (Lipinski definition) is 2. The Morgan fingerprint density at radius 2 is 1.96 bits per heavy atom. The summed E-state index contributed by atoms with van der Waals surface area (Å²) in [4.78, 5) is 15.8. The molecule has 0 aliphatic heterocycles. The minimum Gasteiger partial charge on any atom is -0.497 e. The molecule has 0 fully saturated rings. The van der Waals surface area contributed by atoms with E-state index in [1.54, 1.807) is 18.9 Å². The number of aromatic amines is 1. The highest BCUT2D eigenvalue weighted by molar-refractivity contribution is 7.98. The summed E-state index contributed by atoms with van der Waals surface area (Å²) in [5.74, 6) is -0.136. The third-order valence-corrected chi connectivity index (χ3v) is 4.56. The lowest BCUT2D eigenvalue weighted by molar-refractivity contribution is -0.136. The molecule has 0 unspecified atom stereocenters. The van der Waals surface area contributed by atoms with Crippen LogP contribution in [0.4, 0.5) is 0 Å². The predicted molar refractivity (Wildman–Crippen MR) is 93.4 cm³/mol. The number of carbonyl (C=O) groups is 1. The number of hydrogen-bond acceptors (Lipinski definition) is 3. The third kappa shape index (κ3) is 3.05. The summed E-state index contributed by atoms with van der Waals surface area (Å²) in [6.07, 6.45) is 1.99. The Labute approximate surface area is 138 Å². The van der Waals surface area contributed by atoms with E-state index in [2.05, 4.69) is 4.98 Å². The molecule has 0 aliphatic rings. The summed E-state index contributed by atoms with van der Waals surface area (Å²) in [6.45, 7) is 0. The van der Waals surface area contributed by atoms with E-state index in [-0.39, 0.29) is 6.42 Å². The highest BCUT2D eigenvalue weighted by atomic mass is 32.2. The first-order valence-electron chi connectivity index (χ1n) is 7.17. The van der Waals surface area contributed by atoms with Gasteiger partial charge in [-0.2, -0.15) is 0 Å². The van der Waals surface area contributed by atoms with Crippen LogP contribution in [-0.4, -0.2) is 29.4 Å². The average molecular weight is 327 g/mol. The van der Waals surface area contributed by atoms with Gasteiger partial charge in [-0.05, 0) is 47.7 Å². The van der Waals surface area contributed by atoms with Crippen LogP contribution in [0, 0.1) is 0 Å². The molecule has 0 aliphatic carbocycles. The molecule has 0 spiro atoms. The second kappa shape index (κ2) is 6.38. The summed E-state index contributed by atoms with van der Waals surface area (Å²) in [5.41, 5.74) is 3.52. The van der Waals surface area contributed by atoms with Crippen LogP contribution < -0.4 is 4.74 Å². The lowest BCUT2D eigenvalue weighted by Gasteiger charge is -2.04. The largest absolute Gasteiger partial charge is 0.497 e. The van der Waals surface area contributed by atoms with Gasteiger partial charge in [0.05, 0.1) is 19.2 Å². The minimum absolute atomic E-state index is 0.0349. The van der Waals surface area contributed by atoms with Gasteiger partial charge in [0, 0.05) is 15.8 Å². The zero-order valence-corrected chi connectivity index (χ0v) is 13.7. The predicted octanol–water partition coefficient (Wildman–Crippen LogP) is 4.19. The molecule has 0 radical (unpaired) electrons. The number of benzene rings is 2. The molecular weight excluding hydrogens is 310 g/mol. The summed E-state index contributed by atoms with van der Waals surface area (Å²) >= 11 is 1.68. The van der Waals surface area contributed by atoms with Gasteiger partial charge in [-0.25, -0.2) is 0 Å². The number of thioether (sulfide) groups is 1.